The summed E-state index contributed by atoms with van der Waals surface area (Å²) >= 11 is 6.19. The molecule has 1 aliphatic carbocycles. The molecule has 37 heavy (non-hydrogen) atoms. The van der Waals surface area contributed by atoms with Gasteiger partial charge in [0, 0.05) is 17.5 Å². The van der Waals surface area contributed by atoms with E-state index in [9.17, 15) is 18.0 Å². The Hall–Kier alpha value is -2.39. The Labute approximate surface area is 218 Å². The lowest BCUT2D eigenvalue weighted by molar-refractivity contribution is -0.818. The number of hydrogen-bond acceptors (Lipinski definition) is 4. The molecule has 4 fully saturated rings. The second-order valence-corrected chi connectivity index (χ2v) is 11.9. The molecule has 5 heterocycles. The molecule has 2 aromatic rings. The van der Waals surface area contributed by atoms with Crippen molar-refractivity contribution in [3.05, 3.63) is 51.7 Å². The highest BCUT2D eigenvalue weighted by Gasteiger charge is 3.00. The zero-order valence-corrected chi connectivity index (χ0v) is 21.4. The average molecular weight is 533 g/mol. The molecule has 4 saturated heterocycles. The first-order chi connectivity index (χ1) is 17.8. The Kier molecular flexibility index (Phi) is 5.32. The SMILES string of the molecule is C[C@@H](Nc1nc(Cl)nc2c1CC(CCC(=O)N1CC3CC4C5C(C1)[N+]345)CC2)c1cccc(C(F)F)c1F. The smallest absolute Gasteiger partial charge is 0.266 e. The topological polar surface area (TPSA) is 58.1 Å². The maximum absolute atomic E-state index is 14.7. The number of quaternary nitrogens is 1. The highest BCUT2D eigenvalue weighted by molar-refractivity contribution is 6.28. The van der Waals surface area contributed by atoms with Crippen molar-refractivity contribution in [1.82, 2.24) is 14.9 Å². The van der Waals surface area contributed by atoms with E-state index in [2.05, 4.69) is 20.2 Å². The molecular formula is C27H30ClF3N5O+. The number of anilines is 1. The van der Waals surface area contributed by atoms with Crippen molar-refractivity contribution in [3.8, 4) is 0 Å². The van der Waals surface area contributed by atoms with Crippen LogP contribution in [0.1, 0.15) is 67.5 Å². The lowest BCUT2D eigenvalue weighted by Crippen LogP contribution is -2.63. The van der Waals surface area contributed by atoms with Crippen LogP contribution >= 0.6 is 11.6 Å². The van der Waals surface area contributed by atoms with E-state index in [1.807, 2.05) is 0 Å². The Morgan fingerprint density at radius 1 is 1.24 bits per heavy atom. The van der Waals surface area contributed by atoms with Gasteiger partial charge in [0.25, 0.3) is 6.43 Å². The van der Waals surface area contributed by atoms with Gasteiger partial charge in [0.2, 0.25) is 11.2 Å². The minimum absolute atomic E-state index is 0.0986. The van der Waals surface area contributed by atoms with Gasteiger partial charge in [-0.1, -0.05) is 18.2 Å². The summed E-state index contributed by atoms with van der Waals surface area (Å²) in [4.78, 5) is 23.9. The van der Waals surface area contributed by atoms with Crippen molar-refractivity contribution < 1.29 is 22.4 Å². The molecule has 4 aliphatic heterocycles. The normalized spacial score (nSPS) is 33.1. The van der Waals surface area contributed by atoms with Crippen LogP contribution in [0.3, 0.4) is 0 Å². The number of carbonyl (C=O) groups excluding carboxylic acids is 1. The maximum atomic E-state index is 14.7. The van der Waals surface area contributed by atoms with Gasteiger partial charge in [0.1, 0.15) is 17.7 Å². The molecule has 7 atom stereocenters. The van der Waals surface area contributed by atoms with E-state index in [0.717, 1.165) is 67.8 Å². The first-order valence-electron chi connectivity index (χ1n) is 13.3. The largest absolute Gasteiger partial charge is 0.363 e. The predicted molar refractivity (Wildman–Crippen MR) is 132 cm³/mol. The van der Waals surface area contributed by atoms with Crippen LogP contribution in [0.2, 0.25) is 5.28 Å². The zero-order chi connectivity index (χ0) is 25.6. The van der Waals surface area contributed by atoms with E-state index in [0.29, 0.717) is 30.6 Å². The third-order valence-corrected chi connectivity index (χ3v) is 10.0. The van der Waals surface area contributed by atoms with Crippen LogP contribution in [0.15, 0.2) is 18.2 Å². The van der Waals surface area contributed by atoms with Gasteiger partial charge >= 0.3 is 0 Å². The van der Waals surface area contributed by atoms with Crippen LogP contribution in [0, 0.1) is 11.7 Å². The van der Waals surface area contributed by atoms with Crippen LogP contribution < -0.4 is 5.32 Å². The van der Waals surface area contributed by atoms with Crippen LogP contribution in [0.4, 0.5) is 19.0 Å². The highest BCUT2D eigenvalue weighted by atomic mass is 35.5. The molecule has 1 amide bonds. The van der Waals surface area contributed by atoms with Gasteiger partial charge in [-0.3, -0.25) is 9.28 Å². The Morgan fingerprint density at radius 3 is 2.81 bits per heavy atom. The number of piperidine rings is 1. The standard InChI is InChI=1S/C27H30ClF3N5O/c1-13(16-3-2-4-17(23(16)29)25(30)31)32-26-18-9-14(5-7-19(18)33-27(28)34-26)6-8-22(37)35-11-15-10-20-24-21(12-35)36(15,20)24/h2-4,13-15,20-21,24-25H,5-12H2,1H3,(H,32,33,34)/q+1/t13-,14?,15?,20?,21?,24?,36?/m1/s1. The number of nitrogens with one attached hydrogen (secondary N) is 1. The molecule has 10 heteroatoms. The molecule has 1 aromatic carbocycles. The number of fused-ring (bicyclic) bond motifs is 3. The van der Waals surface area contributed by atoms with Crippen molar-refractivity contribution in [2.75, 3.05) is 18.4 Å². The van der Waals surface area contributed by atoms with Gasteiger partial charge in [-0.2, -0.15) is 0 Å². The number of alkyl halides is 2. The molecule has 0 radical (unpaired) electrons. The highest BCUT2D eigenvalue weighted by Crippen LogP contribution is 2.75. The second kappa shape index (κ2) is 8.30. The number of aromatic nitrogens is 2. The number of rotatable bonds is 7. The lowest BCUT2D eigenvalue weighted by Gasteiger charge is -2.43. The van der Waals surface area contributed by atoms with Crippen LogP contribution in [0.5, 0.6) is 0 Å². The van der Waals surface area contributed by atoms with Crippen molar-refractivity contribution in [3.63, 3.8) is 0 Å². The van der Waals surface area contributed by atoms with Gasteiger partial charge in [0.15, 0.2) is 18.1 Å². The zero-order valence-electron chi connectivity index (χ0n) is 20.6. The lowest BCUT2D eigenvalue weighted by atomic mass is 9.83. The summed E-state index contributed by atoms with van der Waals surface area (Å²) in [6.45, 7) is 3.58. The maximum Gasteiger partial charge on any atom is 0.266 e. The number of hydrogen-bond donors (Lipinski definition) is 1. The quantitative estimate of drug-likeness (QED) is 0.315. The molecule has 5 aliphatic rings. The fourth-order valence-electron chi connectivity index (χ4n) is 7.85. The van der Waals surface area contributed by atoms with E-state index in [1.165, 1.54) is 23.0 Å². The number of halogens is 4. The van der Waals surface area contributed by atoms with Crippen molar-refractivity contribution in [1.29, 1.82) is 0 Å². The molecule has 6 unspecified atom stereocenters. The van der Waals surface area contributed by atoms with E-state index in [-0.39, 0.29) is 16.8 Å². The summed E-state index contributed by atoms with van der Waals surface area (Å²) in [5.41, 5.74) is 1.30. The minimum atomic E-state index is -2.89. The minimum Gasteiger partial charge on any atom is -0.363 e. The van der Waals surface area contributed by atoms with Crippen molar-refractivity contribution in [2.24, 2.45) is 5.92 Å². The molecule has 1 N–H and O–H groups in total. The van der Waals surface area contributed by atoms with Gasteiger partial charge in [-0.05, 0) is 50.1 Å². The molecule has 1 aromatic heterocycles. The molecule has 196 valence electrons. The van der Waals surface area contributed by atoms with Gasteiger partial charge < -0.3 is 10.2 Å². The Bertz CT molecular complexity index is 1290. The fraction of sp³-hybridized carbons (Fsp3) is 0.593. The molecule has 0 bridgehead atoms. The number of piperazine rings is 1. The van der Waals surface area contributed by atoms with E-state index >= 15 is 0 Å². The average Bonchev–Trinajstić information content (AvgIpc) is 3.68. The van der Waals surface area contributed by atoms with Gasteiger partial charge in [0.05, 0.1) is 36.8 Å². The first kappa shape index (κ1) is 23.7. The number of benzene rings is 1. The van der Waals surface area contributed by atoms with Crippen molar-refractivity contribution in [2.45, 2.75) is 82.1 Å². The molecule has 1 spiro atoms. The predicted octanol–water partition coefficient (Wildman–Crippen LogP) is 4.83. The molecule has 0 saturated carbocycles. The summed E-state index contributed by atoms with van der Waals surface area (Å²) < 4.78 is 42.5. The summed E-state index contributed by atoms with van der Waals surface area (Å²) in [6.07, 6.45) is 2.11. The monoisotopic (exact) mass is 532 g/mol. The Balaban J connectivity index is 1.02. The van der Waals surface area contributed by atoms with Crippen LogP contribution in [0.25, 0.3) is 0 Å². The number of carbonyl (C=O) groups is 1. The third kappa shape index (κ3) is 3.52. The Morgan fingerprint density at radius 2 is 2.05 bits per heavy atom. The second-order valence-electron chi connectivity index (χ2n) is 11.5. The first-order valence-corrected chi connectivity index (χ1v) is 13.7. The van der Waals surface area contributed by atoms with Gasteiger partial charge in [-0.15, -0.1) is 0 Å². The number of likely N-dealkylation sites (tertiary alicyclic amines) is 1. The number of aryl methyl sites for hydroxylation is 1. The number of amides is 1. The summed E-state index contributed by atoms with van der Waals surface area (Å²) in [5.74, 6) is 0.178. The third-order valence-electron chi connectivity index (χ3n) is 9.84. The van der Waals surface area contributed by atoms with E-state index in [4.69, 9.17) is 11.6 Å². The summed E-state index contributed by atoms with van der Waals surface area (Å²) in [7, 11) is 0. The van der Waals surface area contributed by atoms with Crippen LogP contribution in [-0.4, -0.2) is 62.5 Å². The van der Waals surface area contributed by atoms with E-state index < -0.39 is 23.8 Å². The molecule has 6 nitrogen and oxygen atoms in total. The van der Waals surface area contributed by atoms with Gasteiger partial charge in [-0.25, -0.2) is 23.1 Å². The summed E-state index contributed by atoms with van der Waals surface area (Å²) in [6, 6.07) is 6.68. The molecule has 7 rings (SSSR count). The molecular weight excluding hydrogens is 503 g/mol. The fourth-order valence-corrected chi connectivity index (χ4v) is 8.04. The summed E-state index contributed by atoms with van der Waals surface area (Å²) in [5, 5.41) is 3.30. The number of nitrogens with zero attached hydrogens (tertiary/aromatic N) is 4. The van der Waals surface area contributed by atoms with E-state index in [1.54, 1.807) is 6.92 Å². The van der Waals surface area contributed by atoms with Crippen LogP contribution in [-0.2, 0) is 17.6 Å². The van der Waals surface area contributed by atoms with Crippen molar-refractivity contribution >= 4 is 23.3 Å².